The Bertz CT molecular complexity index is 1560. The van der Waals surface area contributed by atoms with Crippen LogP contribution in [-0.4, -0.2) is 42.0 Å². The largest absolute Gasteiger partial charge is 0.496 e. The van der Waals surface area contributed by atoms with Crippen LogP contribution in [0, 0.1) is 6.92 Å². The smallest absolute Gasteiger partial charge is 0.416 e. The minimum absolute atomic E-state index is 0.0276. The van der Waals surface area contributed by atoms with Gasteiger partial charge in [-0.15, -0.1) is 0 Å². The molecule has 40 heavy (non-hydrogen) atoms. The number of carbonyl (C=O) groups excluding carboxylic acids is 1. The molecule has 210 valence electrons. The van der Waals surface area contributed by atoms with Crippen molar-refractivity contribution in [3.05, 3.63) is 77.1 Å². The zero-order chi connectivity index (χ0) is 29.2. The van der Waals surface area contributed by atoms with Gasteiger partial charge in [-0.05, 0) is 74.0 Å². The third kappa shape index (κ3) is 6.53. The molecule has 11 heteroatoms. The highest BCUT2D eigenvalue weighted by Gasteiger charge is 2.31. The lowest BCUT2D eigenvalue weighted by Crippen LogP contribution is -2.23. The Labute approximate surface area is 230 Å². The number of aryl methyl sites for hydroxylation is 1. The highest BCUT2D eigenvalue weighted by Crippen LogP contribution is 2.34. The fraction of sp³-hybridized carbons (Fsp3) is 0.276. The average Bonchev–Trinajstić information content (AvgIpc) is 2.88. The van der Waals surface area contributed by atoms with Gasteiger partial charge in [-0.2, -0.15) is 13.2 Å². The van der Waals surface area contributed by atoms with Gasteiger partial charge in [0.25, 0.3) is 0 Å². The molecule has 1 heterocycles. The number of halogens is 3. The number of fused-ring (bicyclic) bond motifs is 1. The van der Waals surface area contributed by atoms with E-state index in [-0.39, 0.29) is 18.0 Å². The SMILES string of the molecule is COc1ccc(Nc2ccc3nc(C)nc(N[C@H](C)c4cc(N)cc(C(F)(F)F)c4)c3c2)cc1CC(=O)N(C)C. The second-order valence-corrected chi connectivity index (χ2v) is 9.72. The summed E-state index contributed by atoms with van der Waals surface area (Å²) in [5, 5.41) is 7.26. The van der Waals surface area contributed by atoms with Crippen molar-refractivity contribution in [3.63, 3.8) is 0 Å². The number of methoxy groups -OCH3 is 1. The summed E-state index contributed by atoms with van der Waals surface area (Å²) >= 11 is 0. The van der Waals surface area contributed by atoms with E-state index in [1.807, 2.05) is 30.3 Å². The average molecular weight is 553 g/mol. The lowest BCUT2D eigenvalue weighted by molar-refractivity contribution is -0.137. The van der Waals surface area contributed by atoms with Crippen molar-refractivity contribution >= 4 is 39.7 Å². The van der Waals surface area contributed by atoms with Gasteiger partial charge in [-0.3, -0.25) is 4.79 Å². The minimum atomic E-state index is -4.51. The molecule has 1 atom stereocenters. The van der Waals surface area contributed by atoms with Crippen molar-refractivity contribution < 1.29 is 22.7 Å². The fourth-order valence-electron chi connectivity index (χ4n) is 4.29. The van der Waals surface area contributed by atoms with E-state index >= 15 is 0 Å². The van der Waals surface area contributed by atoms with Gasteiger partial charge >= 0.3 is 6.18 Å². The fourth-order valence-corrected chi connectivity index (χ4v) is 4.29. The lowest BCUT2D eigenvalue weighted by Gasteiger charge is -2.19. The molecular formula is C29H31F3N6O2. The summed E-state index contributed by atoms with van der Waals surface area (Å²) in [6.45, 7) is 3.49. The molecule has 0 aliphatic heterocycles. The van der Waals surface area contributed by atoms with Gasteiger partial charge in [0.15, 0.2) is 0 Å². The Morgan fingerprint density at radius 3 is 2.42 bits per heavy atom. The van der Waals surface area contributed by atoms with E-state index < -0.39 is 17.8 Å². The zero-order valence-corrected chi connectivity index (χ0v) is 22.8. The van der Waals surface area contributed by atoms with Crippen LogP contribution in [0.4, 0.5) is 36.1 Å². The van der Waals surface area contributed by atoms with Gasteiger partial charge in [0, 0.05) is 42.1 Å². The molecule has 4 N–H and O–H groups in total. The predicted octanol–water partition coefficient (Wildman–Crippen LogP) is 6.10. The summed E-state index contributed by atoms with van der Waals surface area (Å²) in [5.74, 6) is 1.54. The van der Waals surface area contributed by atoms with Gasteiger partial charge in [0.1, 0.15) is 17.4 Å². The van der Waals surface area contributed by atoms with Crippen LogP contribution in [0.15, 0.2) is 54.6 Å². The second-order valence-electron chi connectivity index (χ2n) is 9.72. The lowest BCUT2D eigenvalue weighted by atomic mass is 10.0. The summed E-state index contributed by atoms with van der Waals surface area (Å²) < 4.78 is 45.5. The van der Waals surface area contributed by atoms with E-state index in [4.69, 9.17) is 10.5 Å². The van der Waals surface area contributed by atoms with Crippen LogP contribution < -0.4 is 21.1 Å². The number of nitrogens with one attached hydrogen (secondary N) is 2. The molecule has 0 fully saturated rings. The summed E-state index contributed by atoms with van der Waals surface area (Å²) in [6.07, 6.45) is -4.33. The molecule has 0 unspecified atom stereocenters. The van der Waals surface area contributed by atoms with Crippen molar-refractivity contribution in [2.75, 3.05) is 37.6 Å². The Morgan fingerprint density at radius 2 is 1.75 bits per heavy atom. The van der Waals surface area contributed by atoms with Crippen LogP contribution in [-0.2, 0) is 17.4 Å². The van der Waals surface area contributed by atoms with Crippen LogP contribution in [0.1, 0.15) is 35.5 Å². The highest BCUT2D eigenvalue weighted by molar-refractivity contribution is 5.92. The van der Waals surface area contributed by atoms with Gasteiger partial charge in [-0.25, -0.2) is 9.97 Å². The van der Waals surface area contributed by atoms with Gasteiger partial charge in [-0.1, -0.05) is 0 Å². The third-order valence-electron chi connectivity index (χ3n) is 6.38. The van der Waals surface area contributed by atoms with Crippen molar-refractivity contribution in [3.8, 4) is 5.75 Å². The minimum Gasteiger partial charge on any atom is -0.496 e. The van der Waals surface area contributed by atoms with Crippen LogP contribution in [0.5, 0.6) is 5.75 Å². The van der Waals surface area contributed by atoms with Gasteiger partial charge in [0.05, 0.1) is 30.7 Å². The van der Waals surface area contributed by atoms with Crippen molar-refractivity contribution in [2.45, 2.75) is 32.5 Å². The number of carbonyl (C=O) groups is 1. The number of ether oxygens (including phenoxy) is 1. The second kappa shape index (κ2) is 11.3. The van der Waals surface area contributed by atoms with Crippen LogP contribution >= 0.6 is 0 Å². The quantitative estimate of drug-likeness (QED) is 0.227. The first-order valence-corrected chi connectivity index (χ1v) is 12.5. The van der Waals surface area contributed by atoms with E-state index in [0.717, 1.165) is 29.1 Å². The van der Waals surface area contributed by atoms with Gasteiger partial charge < -0.3 is 26.0 Å². The Balaban J connectivity index is 1.65. The maximum atomic E-state index is 13.4. The molecule has 0 spiro atoms. The molecule has 1 aromatic heterocycles. The van der Waals surface area contributed by atoms with Crippen molar-refractivity contribution in [2.24, 2.45) is 0 Å². The first kappa shape index (κ1) is 28.5. The summed E-state index contributed by atoms with van der Waals surface area (Å²) in [4.78, 5) is 22.9. The predicted molar refractivity (Wildman–Crippen MR) is 151 cm³/mol. The molecule has 0 radical (unpaired) electrons. The first-order chi connectivity index (χ1) is 18.8. The van der Waals surface area contributed by atoms with Crippen LogP contribution in [0.3, 0.4) is 0 Å². The number of rotatable bonds is 8. The van der Waals surface area contributed by atoms with Crippen LogP contribution in [0.2, 0.25) is 0 Å². The van der Waals surface area contributed by atoms with E-state index in [1.165, 1.54) is 11.0 Å². The summed E-state index contributed by atoms with van der Waals surface area (Å²) in [6, 6.07) is 14.0. The number of aromatic nitrogens is 2. The number of hydrogen-bond donors (Lipinski definition) is 3. The standard InChI is InChI=1S/C29H31F3N6O2/c1-16(18-10-20(29(30,31)32)14-21(33)11-18)34-28-24-15-23(6-8-25(24)35-17(2)36-28)37-22-7-9-26(40-5)19(12-22)13-27(39)38(3)4/h6-12,14-16,37H,13,33H2,1-5H3,(H,34,35,36)/t16-/m1/s1. The molecule has 0 aliphatic carbocycles. The monoisotopic (exact) mass is 552 g/mol. The summed E-state index contributed by atoms with van der Waals surface area (Å²) in [7, 11) is 4.95. The van der Waals surface area contributed by atoms with Gasteiger partial charge in [0.2, 0.25) is 5.91 Å². The molecule has 4 aromatic rings. The molecule has 0 bridgehead atoms. The number of nitrogen functional groups attached to an aromatic ring is 1. The number of anilines is 4. The Hall–Kier alpha value is -4.54. The third-order valence-corrected chi connectivity index (χ3v) is 6.38. The van der Waals surface area contributed by atoms with E-state index in [9.17, 15) is 18.0 Å². The number of likely N-dealkylation sites (N-methyl/N-ethyl adjacent to an activating group) is 1. The molecule has 3 aromatic carbocycles. The zero-order valence-electron chi connectivity index (χ0n) is 22.8. The maximum Gasteiger partial charge on any atom is 0.416 e. The Kier molecular flexibility index (Phi) is 8.03. The number of nitrogens with two attached hydrogens (primary N) is 1. The molecule has 0 saturated carbocycles. The first-order valence-electron chi connectivity index (χ1n) is 12.5. The highest BCUT2D eigenvalue weighted by atomic mass is 19.4. The topological polar surface area (TPSA) is 105 Å². The molecule has 4 rings (SSSR count). The number of nitrogens with zero attached hydrogens (tertiary/aromatic N) is 3. The molecule has 8 nitrogen and oxygen atoms in total. The number of alkyl halides is 3. The summed E-state index contributed by atoms with van der Waals surface area (Å²) in [5.41, 5.74) is 8.26. The number of amides is 1. The molecular weight excluding hydrogens is 521 g/mol. The molecule has 0 aliphatic rings. The van der Waals surface area contributed by atoms with E-state index in [1.54, 1.807) is 41.1 Å². The molecule has 1 amide bonds. The van der Waals surface area contributed by atoms with Crippen molar-refractivity contribution in [1.82, 2.24) is 14.9 Å². The molecule has 0 saturated heterocycles. The van der Waals surface area contributed by atoms with E-state index in [2.05, 4.69) is 20.6 Å². The maximum absolute atomic E-state index is 13.4. The number of benzene rings is 3. The number of hydrogen-bond acceptors (Lipinski definition) is 7. The van der Waals surface area contributed by atoms with Crippen molar-refractivity contribution in [1.29, 1.82) is 0 Å². The van der Waals surface area contributed by atoms with Crippen LogP contribution in [0.25, 0.3) is 10.9 Å². The normalized spacial score (nSPS) is 12.2. The van der Waals surface area contributed by atoms with E-state index in [0.29, 0.717) is 33.9 Å². The Morgan fingerprint density at radius 1 is 1.05 bits per heavy atom.